The SMILES string of the molecule is CCC(CO)NC(=O)c1noc(-c2ccc(C(F)(F)F)c(F)c2)c1C. The molecule has 1 atom stereocenters. The number of halogens is 4. The van der Waals surface area contributed by atoms with Crippen molar-refractivity contribution in [3.63, 3.8) is 0 Å². The molecule has 2 rings (SSSR count). The van der Waals surface area contributed by atoms with Gasteiger partial charge in [-0.05, 0) is 25.5 Å². The van der Waals surface area contributed by atoms with Gasteiger partial charge in [0.25, 0.3) is 5.91 Å². The van der Waals surface area contributed by atoms with Gasteiger partial charge in [-0.2, -0.15) is 13.2 Å². The fraction of sp³-hybridized carbons (Fsp3) is 0.375. The molecule has 1 unspecified atom stereocenters. The summed E-state index contributed by atoms with van der Waals surface area (Å²) in [6.45, 7) is 3.00. The molecule has 1 heterocycles. The van der Waals surface area contributed by atoms with Gasteiger partial charge in [0.2, 0.25) is 0 Å². The number of alkyl halides is 3. The van der Waals surface area contributed by atoms with Crippen molar-refractivity contribution >= 4 is 5.91 Å². The standard InChI is InChI=1S/C16H16F4N2O3/c1-3-10(7-23)21-15(24)13-8(2)14(25-22-13)9-4-5-11(12(17)6-9)16(18,19)20/h4-6,10,23H,3,7H2,1-2H3,(H,21,24). The summed E-state index contributed by atoms with van der Waals surface area (Å²) in [5, 5.41) is 15.3. The van der Waals surface area contributed by atoms with Gasteiger partial charge in [-0.1, -0.05) is 18.1 Å². The predicted molar refractivity (Wildman–Crippen MR) is 80.3 cm³/mol. The van der Waals surface area contributed by atoms with E-state index in [1.807, 2.05) is 0 Å². The first kappa shape index (κ1) is 18.9. The molecule has 0 spiro atoms. The van der Waals surface area contributed by atoms with Crippen LogP contribution in [0.25, 0.3) is 11.3 Å². The highest BCUT2D eigenvalue weighted by Crippen LogP contribution is 2.34. The largest absolute Gasteiger partial charge is 0.419 e. The van der Waals surface area contributed by atoms with E-state index < -0.39 is 29.5 Å². The lowest BCUT2D eigenvalue weighted by molar-refractivity contribution is -0.139. The number of nitrogens with one attached hydrogen (secondary N) is 1. The number of aliphatic hydroxyl groups excluding tert-OH is 1. The highest BCUT2D eigenvalue weighted by Gasteiger charge is 2.34. The first-order chi connectivity index (χ1) is 11.7. The van der Waals surface area contributed by atoms with Gasteiger partial charge < -0.3 is 14.9 Å². The Bertz CT molecular complexity index is 767. The molecule has 0 aliphatic carbocycles. The van der Waals surface area contributed by atoms with Crippen molar-refractivity contribution in [3.05, 3.63) is 40.8 Å². The Morgan fingerprint density at radius 2 is 2.08 bits per heavy atom. The molecular formula is C16H16F4N2O3. The number of aliphatic hydroxyl groups is 1. The number of rotatable bonds is 5. The highest BCUT2D eigenvalue weighted by atomic mass is 19.4. The average Bonchev–Trinajstić information content (AvgIpc) is 2.92. The summed E-state index contributed by atoms with van der Waals surface area (Å²) in [5.74, 6) is -2.05. The second-order valence-electron chi connectivity index (χ2n) is 5.44. The monoisotopic (exact) mass is 360 g/mol. The van der Waals surface area contributed by atoms with Crippen molar-refractivity contribution in [1.29, 1.82) is 0 Å². The molecule has 9 heteroatoms. The van der Waals surface area contributed by atoms with Gasteiger partial charge >= 0.3 is 6.18 Å². The molecule has 136 valence electrons. The molecule has 0 fully saturated rings. The number of hydrogen-bond donors (Lipinski definition) is 2. The molecule has 0 saturated carbocycles. The Labute approximate surface area is 140 Å². The average molecular weight is 360 g/mol. The molecule has 0 aliphatic heterocycles. The van der Waals surface area contributed by atoms with Crippen molar-refractivity contribution in [3.8, 4) is 11.3 Å². The van der Waals surface area contributed by atoms with E-state index in [0.29, 0.717) is 18.6 Å². The maximum Gasteiger partial charge on any atom is 0.419 e. The molecule has 0 aliphatic rings. The highest BCUT2D eigenvalue weighted by molar-refractivity contribution is 5.95. The van der Waals surface area contributed by atoms with Crippen molar-refractivity contribution in [2.75, 3.05) is 6.61 Å². The van der Waals surface area contributed by atoms with Gasteiger partial charge in [0.15, 0.2) is 11.5 Å². The fourth-order valence-electron chi connectivity index (χ4n) is 2.23. The van der Waals surface area contributed by atoms with Crippen molar-refractivity contribution in [2.45, 2.75) is 32.5 Å². The van der Waals surface area contributed by atoms with Crippen molar-refractivity contribution < 1.29 is 32.0 Å². The van der Waals surface area contributed by atoms with E-state index in [4.69, 9.17) is 9.63 Å². The zero-order valence-corrected chi connectivity index (χ0v) is 13.4. The van der Waals surface area contributed by atoms with E-state index in [1.54, 1.807) is 6.92 Å². The van der Waals surface area contributed by atoms with Gasteiger partial charge in [-0.3, -0.25) is 4.79 Å². The summed E-state index contributed by atoms with van der Waals surface area (Å²) in [4.78, 5) is 12.1. The Morgan fingerprint density at radius 1 is 1.40 bits per heavy atom. The van der Waals surface area contributed by atoms with E-state index in [2.05, 4.69) is 10.5 Å². The van der Waals surface area contributed by atoms with Crippen LogP contribution in [-0.4, -0.2) is 28.8 Å². The van der Waals surface area contributed by atoms with Crippen LogP contribution in [0.5, 0.6) is 0 Å². The Balaban J connectivity index is 2.32. The number of carbonyl (C=O) groups is 1. The Hall–Kier alpha value is -2.42. The van der Waals surface area contributed by atoms with E-state index in [1.165, 1.54) is 6.92 Å². The fourth-order valence-corrected chi connectivity index (χ4v) is 2.23. The third-order valence-electron chi connectivity index (χ3n) is 3.72. The lowest BCUT2D eigenvalue weighted by Gasteiger charge is -2.12. The first-order valence-corrected chi connectivity index (χ1v) is 7.44. The minimum Gasteiger partial charge on any atom is -0.394 e. The van der Waals surface area contributed by atoms with Crippen LogP contribution in [0, 0.1) is 12.7 Å². The lowest BCUT2D eigenvalue weighted by Crippen LogP contribution is -2.37. The molecular weight excluding hydrogens is 344 g/mol. The van der Waals surface area contributed by atoms with E-state index >= 15 is 0 Å². The van der Waals surface area contributed by atoms with Crippen LogP contribution in [0.4, 0.5) is 17.6 Å². The molecule has 1 aromatic heterocycles. The number of benzene rings is 1. The summed E-state index contributed by atoms with van der Waals surface area (Å²) >= 11 is 0. The molecule has 1 amide bonds. The Morgan fingerprint density at radius 3 is 2.60 bits per heavy atom. The predicted octanol–water partition coefficient (Wildman–Crippen LogP) is 3.31. The molecule has 25 heavy (non-hydrogen) atoms. The lowest BCUT2D eigenvalue weighted by atomic mass is 10.0. The maximum absolute atomic E-state index is 13.7. The molecule has 0 radical (unpaired) electrons. The smallest absolute Gasteiger partial charge is 0.394 e. The van der Waals surface area contributed by atoms with Crippen LogP contribution in [0.1, 0.15) is 35.0 Å². The third kappa shape index (κ3) is 3.98. The maximum atomic E-state index is 13.7. The van der Waals surface area contributed by atoms with Gasteiger partial charge in [-0.15, -0.1) is 0 Å². The zero-order valence-electron chi connectivity index (χ0n) is 13.4. The summed E-state index contributed by atoms with van der Waals surface area (Å²) in [5.41, 5.74) is -1.18. The Kier molecular flexibility index (Phi) is 5.46. The van der Waals surface area contributed by atoms with Gasteiger partial charge in [0.05, 0.1) is 18.2 Å². The summed E-state index contributed by atoms with van der Waals surface area (Å²) in [6.07, 6.45) is -4.31. The van der Waals surface area contributed by atoms with Crippen molar-refractivity contribution in [1.82, 2.24) is 10.5 Å². The van der Waals surface area contributed by atoms with E-state index in [9.17, 15) is 22.4 Å². The third-order valence-corrected chi connectivity index (χ3v) is 3.72. The number of carbonyl (C=O) groups excluding carboxylic acids is 1. The second-order valence-corrected chi connectivity index (χ2v) is 5.44. The number of hydrogen-bond acceptors (Lipinski definition) is 4. The van der Waals surface area contributed by atoms with Crippen LogP contribution >= 0.6 is 0 Å². The van der Waals surface area contributed by atoms with Crippen LogP contribution in [-0.2, 0) is 6.18 Å². The van der Waals surface area contributed by atoms with Crippen LogP contribution in [0.3, 0.4) is 0 Å². The number of nitrogens with zero attached hydrogens (tertiary/aromatic N) is 1. The van der Waals surface area contributed by atoms with E-state index in [-0.39, 0.29) is 29.2 Å². The van der Waals surface area contributed by atoms with Gasteiger partial charge in [0.1, 0.15) is 5.82 Å². The van der Waals surface area contributed by atoms with E-state index in [0.717, 1.165) is 6.07 Å². The molecule has 0 bridgehead atoms. The summed E-state index contributed by atoms with van der Waals surface area (Å²) < 4.78 is 56.5. The summed E-state index contributed by atoms with van der Waals surface area (Å²) in [6, 6.07) is 1.87. The van der Waals surface area contributed by atoms with Crippen LogP contribution < -0.4 is 5.32 Å². The topological polar surface area (TPSA) is 75.4 Å². The molecule has 2 aromatic rings. The van der Waals surface area contributed by atoms with Crippen LogP contribution in [0.2, 0.25) is 0 Å². The minimum absolute atomic E-state index is 0.00479. The van der Waals surface area contributed by atoms with Gasteiger partial charge in [0, 0.05) is 11.1 Å². The first-order valence-electron chi connectivity index (χ1n) is 7.44. The second kappa shape index (κ2) is 7.22. The summed E-state index contributed by atoms with van der Waals surface area (Å²) in [7, 11) is 0. The number of aromatic nitrogens is 1. The van der Waals surface area contributed by atoms with Crippen molar-refractivity contribution in [2.24, 2.45) is 0 Å². The van der Waals surface area contributed by atoms with Gasteiger partial charge in [-0.25, -0.2) is 4.39 Å². The molecule has 0 saturated heterocycles. The number of amides is 1. The molecule has 5 nitrogen and oxygen atoms in total. The molecule has 2 N–H and O–H groups in total. The van der Waals surface area contributed by atoms with Crippen LogP contribution in [0.15, 0.2) is 22.7 Å². The molecule has 1 aromatic carbocycles. The normalized spacial score (nSPS) is 12.9. The minimum atomic E-state index is -4.80. The quantitative estimate of drug-likeness (QED) is 0.803. The zero-order chi connectivity index (χ0) is 18.8.